The minimum Gasteiger partial charge on any atom is -0.337 e. The molecule has 100 valence electrons. The van der Waals surface area contributed by atoms with Crippen LogP contribution >= 0.6 is 24.0 Å². The standard InChI is InChI=1S/C12H14ClFN2O.ClH/c1-16(9-4-5-15-7-9)12(17)8-2-3-11(14)10(13)6-8;/h2-3,6,9,15H,4-5,7H2,1H3;1H. The molecule has 1 heterocycles. The predicted octanol–water partition coefficient (Wildman–Crippen LogP) is 2.33. The second-order valence-corrected chi connectivity index (χ2v) is 4.60. The third kappa shape index (κ3) is 3.13. The summed E-state index contributed by atoms with van der Waals surface area (Å²) in [5.41, 5.74) is 0.422. The highest BCUT2D eigenvalue weighted by atomic mass is 35.5. The first-order chi connectivity index (χ1) is 8.09. The fourth-order valence-electron chi connectivity index (χ4n) is 1.97. The molecule has 1 atom stereocenters. The van der Waals surface area contributed by atoms with Gasteiger partial charge < -0.3 is 10.2 Å². The molecule has 0 saturated carbocycles. The van der Waals surface area contributed by atoms with E-state index < -0.39 is 5.82 Å². The summed E-state index contributed by atoms with van der Waals surface area (Å²) in [4.78, 5) is 13.8. The first-order valence-electron chi connectivity index (χ1n) is 5.52. The molecule has 1 aliphatic heterocycles. The zero-order chi connectivity index (χ0) is 12.4. The molecule has 1 aromatic carbocycles. The zero-order valence-electron chi connectivity index (χ0n) is 9.95. The van der Waals surface area contributed by atoms with E-state index in [2.05, 4.69) is 5.32 Å². The van der Waals surface area contributed by atoms with Crippen molar-refractivity contribution >= 4 is 29.9 Å². The number of likely N-dealkylation sites (N-methyl/N-ethyl adjacent to an activating group) is 1. The highest BCUT2D eigenvalue weighted by Crippen LogP contribution is 2.18. The van der Waals surface area contributed by atoms with Gasteiger partial charge in [-0.3, -0.25) is 4.79 Å². The van der Waals surface area contributed by atoms with Crippen LogP contribution in [0.4, 0.5) is 4.39 Å². The van der Waals surface area contributed by atoms with Gasteiger partial charge in [0.2, 0.25) is 0 Å². The molecule has 0 spiro atoms. The Morgan fingerprint density at radius 1 is 1.56 bits per heavy atom. The van der Waals surface area contributed by atoms with E-state index in [1.165, 1.54) is 18.2 Å². The summed E-state index contributed by atoms with van der Waals surface area (Å²) in [6.45, 7) is 1.73. The van der Waals surface area contributed by atoms with Crippen molar-refractivity contribution in [2.24, 2.45) is 0 Å². The van der Waals surface area contributed by atoms with Gasteiger partial charge in [0.05, 0.1) is 5.02 Å². The van der Waals surface area contributed by atoms with Crippen LogP contribution in [0.25, 0.3) is 0 Å². The number of carbonyl (C=O) groups excluding carboxylic acids is 1. The summed E-state index contributed by atoms with van der Waals surface area (Å²) in [5.74, 6) is -0.631. The Balaban J connectivity index is 0.00000162. The Bertz CT molecular complexity index is 436. The van der Waals surface area contributed by atoms with Crippen LogP contribution in [0.2, 0.25) is 5.02 Å². The van der Waals surface area contributed by atoms with Gasteiger partial charge in [-0.15, -0.1) is 12.4 Å². The highest BCUT2D eigenvalue weighted by Gasteiger charge is 2.24. The van der Waals surface area contributed by atoms with Crippen LogP contribution in [0.5, 0.6) is 0 Å². The normalized spacial score (nSPS) is 18.3. The molecular weight excluding hydrogens is 278 g/mol. The molecule has 0 radical (unpaired) electrons. The molecule has 1 aromatic rings. The van der Waals surface area contributed by atoms with Crippen molar-refractivity contribution < 1.29 is 9.18 Å². The predicted molar refractivity (Wildman–Crippen MR) is 72.0 cm³/mol. The van der Waals surface area contributed by atoms with Crippen molar-refractivity contribution in [1.82, 2.24) is 10.2 Å². The lowest BCUT2D eigenvalue weighted by molar-refractivity contribution is 0.0743. The number of amides is 1. The van der Waals surface area contributed by atoms with E-state index in [4.69, 9.17) is 11.6 Å². The van der Waals surface area contributed by atoms with Crippen molar-refractivity contribution in [2.75, 3.05) is 20.1 Å². The first-order valence-corrected chi connectivity index (χ1v) is 5.90. The van der Waals surface area contributed by atoms with Crippen LogP contribution in [0.15, 0.2) is 18.2 Å². The van der Waals surface area contributed by atoms with E-state index in [0.29, 0.717) is 5.56 Å². The Hall–Kier alpha value is -0.840. The quantitative estimate of drug-likeness (QED) is 0.907. The molecule has 1 saturated heterocycles. The fourth-order valence-corrected chi connectivity index (χ4v) is 2.15. The number of benzene rings is 1. The smallest absolute Gasteiger partial charge is 0.253 e. The van der Waals surface area contributed by atoms with E-state index in [9.17, 15) is 9.18 Å². The largest absolute Gasteiger partial charge is 0.337 e. The van der Waals surface area contributed by atoms with E-state index in [0.717, 1.165) is 19.5 Å². The van der Waals surface area contributed by atoms with Crippen molar-refractivity contribution in [3.8, 4) is 0 Å². The molecular formula is C12H15Cl2FN2O. The van der Waals surface area contributed by atoms with Gasteiger partial charge in [0.25, 0.3) is 5.91 Å². The molecule has 1 aliphatic rings. The molecule has 6 heteroatoms. The summed E-state index contributed by atoms with van der Waals surface area (Å²) in [7, 11) is 1.76. The Morgan fingerprint density at radius 3 is 2.83 bits per heavy atom. The summed E-state index contributed by atoms with van der Waals surface area (Å²) in [6, 6.07) is 4.25. The Morgan fingerprint density at radius 2 is 2.28 bits per heavy atom. The molecule has 1 unspecified atom stereocenters. The van der Waals surface area contributed by atoms with Gasteiger partial charge in [0.15, 0.2) is 0 Å². The van der Waals surface area contributed by atoms with Gasteiger partial charge in [-0.1, -0.05) is 11.6 Å². The van der Waals surface area contributed by atoms with Crippen LogP contribution < -0.4 is 5.32 Å². The third-order valence-electron chi connectivity index (χ3n) is 3.07. The molecule has 0 aliphatic carbocycles. The molecule has 2 rings (SSSR count). The van der Waals surface area contributed by atoms with Crippen molar-refractivity contribution in [3.05, 3.63) is 34.6 Å². The van der Waals surface area contributed by atoms with E-state index in [-0.39, 0.29) is 29.4 Å². The Kier molecular flexibility index (Phi) is 5.38. The first kappa shape index (κ1) is 15.2. The number of halogens is 3. The van der Waals surface area contributed by atoms with Gasteiger partial charge in [-0.25, -0.2) is 4.39 Å². The van der Waals surface area contributed by atoms with Gasteiger partial charge in [-0.05, 0) is 31.2 Å². The average molecular weight is 293 g/mol. The average Bonchev–Trinajstić information content (AvgIpc) is 2.84. The molecule has 18 heavy (non-hydrogen) atoms. The maximum Gasteiger partial charge on any atom is 0.253 e. The van der Waals surface area contributed by atoms with E-state index in [1.807, 2.05) is 0 Å². The topological polar surface area (TPSA) is 32.3 Å². The molecule has 1 N–H and O–H groups in total. The van der Waals surface area contributed by atoms with Crippen LogP contribution in [-0.2, 0) is 0 Å². The van der Waals surface area contributed by atoms with Gasteiger partial charge >= 0.3 is 0 Å². The summed E-state index contributed by atoms with van der Waals surface area (Å²) in [6.07, 6.45) is 0.942. The third-order valence-corrected chi connectivity index (χ3v) is 3.36. The molecule has 0 aromatic heterocycles. The molecule has 3 nitrogen and oxygen atoms in total. The summed E-state index contributed by atoms with van der Waals surface area (Å²) in [5, 5.41) is 3.18. The molecule has 1 fully saturated rings. The number of hydrogen-bond donors (Lipinski definition) is 1. The summed E-state index contributed by atoms with van der Waals surface area (Å²) >= 11 is 5.66. The van der Waals surface area contributed by atoms with Crippen LogP contribution in [0.3, 0.4) is 0 Å². The highest BCUT2D eigenvalue weighted by molar-refractivity contribution is 6.31. The number of carbonyl (C=O) groups is 1. The van der Waals surface area contributed by atoms with E-state index >= 15 is 0 Å². The number of nitrogens with one attached hydrogen (secondary N) is 1. The van der Waals surface area contributed by atoms with Gasteiger partial charge in [0.1, 0.15) is 5.82 Å². The number of hydrogen-bond acceptors (Lipinski definition) is 2. The van der Waals surface area contributed by atoms with Gasteiger partial charge in [0, 0.05) is 25.2 Å². The van der Waals surface area contributed by atoms with Crippen molar-refractivity contribution in [2.45, 2.75) is 12.5 Å². The fraction of sp³-hybridized carbons (Fsp3) is 0.417. The van der Waals surface area contributed by atoms with Crippen LogP contribution in [0.1, 0.15) is 16.8 Å². The van der Waals surface area contributed by atoms with Crippen molar-refractivity contribution in [3.63, 3.8) is 0 Å². The number of nitrogens with zero attached hydrogens (tertiary/aromatic N) is 1. The Labute approximate surface area is 117 Å². The van der Waals surface area contributed by atoms with Crippen molar-refractivity contribution in [1.29, 1.82) is 0 Å². The lowest BCUT2D eigenvalue weighted by Crippen LogP contribution is -2.38. The summed E-state index contributed by atoms with van der Waals surface area (Å²) < 4.78 is 13.0. The lowest BCUT2D eigenvalue weighted by Gasteiger charge is -2.23. The van der Waals surface area contributed by atoms with Crippen LogP contribution in [0, 0.1) is 5.82 Å². The minimum atomic E-state index is -0.506. The minimum absolute atomic E-state index is 0. The zero-order valence-corrected chi connectivity index (χ0v) is 11.5. The molecule has 0 bridgehead atoms. The second kappa shape index (κ2) is 6.36. The maximum atomic E-state index is 13.0. The lowest BCUT2D eigenvalue weighted by atomic mass is 10.1. The second-order valence-electron chi connectivity index (χ2n) is 4.19. The SMILES string of the molecule is CN(C(=O)c1ccc(F)c(Cl)c1)C1CCNC1.Cl. The number of rotatable bonds is 2. The van der Waals surface area contributed by atoms with Crippen LogP contribution in [-0.4, -0.2) is 37.0 Å². The monoisotopic (exact) mass is 292 g/mol. The maximum absolute atomic E-state index is 13.0. The molecule has 1 amide bonds. The van der Waals surface area contributed by atoms with E-state index in [1.54, 1.807) is 11.9 Å². The van der Waals surface area contributed by atoms with Gasteiger partial charge in [-0.2, -0.15) is 0 Å².